The van der Waals surface area contributed by atoms with Crippen LogP contribution in [0.3, 0.4) is 0 Å². The number of aromatic nitrogens is 2. The average Bonchev–Trinajstić information content (AvgIpc) is 3.15. The molecule has 27 heavy (non-hydrogen) atoms. The van der Waals surface area contributed by atoms with E-state index in [9.17, 15) is 10.1 Å². The van der Waals surface area contributed by atoms with E-state index in [1.165, 1.54) is 17.8 Å². The minimum atomic E-state index is -0.476. The van der Waals surface area contributed by atoms with Crippen LogP contribution < -0.4 is 15.1 Å². The molecule has 1 aliphatic heterocycles. The lowest BCUT2D eigenvalue weighted by molar-refractivity contribution is -0.112. The van der Waals surface area contributed by atoms with Crippen LogP contribution in [0.5, 0.6) is 0 Å². The number of carbonyl (C=O) groups excluding carboxylic acids is 1. The average molecular weight is 382 g/mol. The summed E-state index contributed by atoms with van der Waals surface area (Å²) in [5.74, 6) is -0.476. The van der Waals surface area contributed by atoms with Crippen LogP contribution in [0.1, 0.15) is 24.8 Å². The zero-order valence-corrected chi connectivity index (χ0v) is 16.3. The van der Waals surface area contributed by atoms with E-state index >= 15 is 0 Å². The first-order chi connectivity index (χ1) is 13.1. The van der Waals surface area contributed by atoms with Gasteiger partial charge in [-0.05, 0) is 43.0 Å². The Balaban J connectivity index is 1.68. The molecule has 3 rings (SSSR count). The van der Waals surface area contributed by atoms with Gasteiger partial charge >= 0.3 is 0 Å². The first-order valence-corrected chi connectivity index (χ1v) is 9.67. The van der Waals surface area contributed by atoms with Gasteiger partial charge in [0.15, 0.2) is 0 Å². The molecule has 7 nitrogen and oxygen atoms in total. The fourth-order valence-corrected chi connectivity index (χ4v) is 3.62. The molecule has 1 N–H and O–H groups in total. The van der Waals surface area contributed by atoms with Crippen molar-refractivity contribution in [2.45, 2.75) is 19.3 Å². The van der Waals surface area contributed by atoms with Gasteiger partial charge in [-0.1, -0.05) is 23.5 Å². The minimum Gasteiger partial charge on any atom is -0.378 e. The molecule has 1 fully saturated rings. The van der Waals surface area contributed by atoms with Crippen LogP contribution in [0.2, 0.25) is 0 Å². The first-order valence-electron chi connectivity index (χ1n) is 8.86. The largest absolute Gasteiger partial charge is 0.378 e. The van der Waals surface area contributed by atoms with Crippen LogP contribution in [0.25, 0.3) is 6.08 Å². The zero-order chi connectivity index (χ0) is 19.2. The molecule has 0 unspecified atom stereocenters. The second-order valence-corrected chi connectivity index (χ2v) is 7.50. The molecule has 0 spiro atoms. The highest BCUT2D eigenvalue weighted by atomic mass is 32.1. The van der Waals surface area contributed by atoms with Gasteiger partial charge in [-0.15, -0.1) is 10.2 Å². The van der Waals surface area contributed by atoms with Crippen LogP contribution in [0, 0.1) is 11.3 Å². The monoisotopic (exact) mass is 382 g/mol. The molecule has 0 radical (unpaired) electrons. The van der Waals surface area contributed by atoms with Gasteiger partial charge in [0.25, 0.3) is 5.91 Å². The van der Waals surface area contributed by atoms with E-state index in [0.29, 0.717) is 5.13 Å². The maximum atomic E-state index is 12.4. The lowest BCUT2D eigenvalue weighted by Crippen LogP contribution is -2.29. The van der Waals surface area contributed by atoms with E-state index in [1.807, 2.05) is 49.3 Å². The Morgan fingerprint density at radius 2 is 1.93 bits per heavy atom. The van der Waals surface area contributed by atoms with Gasteiger partial charge in [0.1, 0.15) is 11.6 Å². The molecule has 140 valence electrons. The van der Waals surface area contributed by atoms with E-state index in [1.54, 1.807) is 6.08 Å². The highest BCUT2D eigenvalue weighted by molar-refractivity contribution is 7.19. The van der Waals surface area contributed by atoms with Gasteiger partial charge in [0.2, 0.25) is 10.3 Å². The molecule has 1 amide bonds. The van der Waals surface area contributed by atoms with Gasteiger partial charge in [0.05, 0.1) is 0 Å². The van der Waals surface area contributed by atoms with Crippen molar-refractivity contribution in [1.29, 1.82) is 5.26 Å². The first kappa shape index (κ1) is 18.9. The molecule has 2 aromatic rings. The molecule has 8 heteroatoms. The number of carbonyl (C=O) groups is 1. The molecule has 0 bridgehead atoms. The smallest absolute Gasteiger partial charge is 0.268 e. The Morgan fingerprint density at radius 3 is 2.56 bits per heavy atom. The number of anilines is 3. The van der Waals surface area contributed by atoms with Crippen LogP contribution in [0.4, 0.5) is 16.0 Å². The molecule has 1 aliphatic rings. The standard InChI is InChI=1S/C19H22N6OS/c1-24(2)16-8-6-14(7-9-16)12-15(13-20)17(26)21-18-22-23-19(27-18)25-10-4-3-5-11-25/h6-9,12H,3-5,10-11H2,1-2H3,(H,21,22,26)/b15-12-. The van der Waals surface area contributed by atoms with Crippen molar-refractivity contribution in [1.82, 2.24) is 10.2 Å². The molecular formula is C19H22N6OS. The summed E-state index contributed by atoms with van der Waals surface area (Å²) in [7, 11) is 3.92. The summed E-state index contributed by atoms with van der Waals surface area (Å²) in [6, 6.07) is 9.59. The summed E-state index contributed by atoms with van der Waals surface area (Å²) in [4.78, 5) is 16.6. The quantitative estimate of drug-likeness (QED) is 0.632. The van der Waals surface area contributed by atoms with E-state index in [2.05, 4.69) is 20.4 Å². The summed E-state index contributed by atoms with van der Waals surface area (Å²) < 4.78 is 0. The molecule has 1 aromatic carbocycles. The summed E-state index contributed by atoms with van der Waals surface area (Å²) in [6.45, 7) is 1.93. The Labute approximate surface area is 162 Å². The maximum absolute atomic E-state index is 12.4. The molecular weight excluding hydrogens is 360 g/mol. The normalized spacial score (nSPS) is 14.6. The maximum Gasteiger partial charge on any atom is 0.268 e. The number of piperidine rings is 1. The molecule has 1 saturated heterocycles. The van der Waals surface area contributed by atoms with Gasteiger partial charge < -0.3 is 9.80 Å². The second-order valence-electron chi connectivity index (χ2n) is 6.55. The SMILES string of the molecule is CN(C)c1ccc(/C=C(/C#N)C(=O)Nc2nnc(N3CCCCC3)s2)cc1. The Hall–Kier alpha value is -2.92. The summed E-state index contributed by atoms with van der Waals surface area (Å²) >= 11 is 1.34. The van der Waals surface area contributed by atoms with E-state index in [0.717, 1.165) is 42.3 Å². The highest BCUT2D eigenvalue weighted by Gasteiger charge is 2.17. The van der Waals surface area contributed by atoms with Gasteiger partial charge in [-0.2, -0.15) is 5.26 Å². The lowest BCUT2D eigenvalue weighted by Gasteiger charge is -2.25. The number of hydrogen-bond donors (Lipinski definition) is 1. The molecule has 2 heterocycles. The topological polar surface area (TPSA) is 85.2 Å². The number of nitrogens with one attached hydrogen (secondary N) is 1. The van der Waals surface area contributed by atoms with Crippen LogP contribution >= 0.6 is 11.3 Å². The third kappa shape index (κ3) is 4.83. The van der Waals surface area contributed by atoms with E-state index in [-0.39, 0.29) is 5.57 Å². The third-order valence-corrected chi connectivity index (χ3v) is 5.25. The second kappa shape index (κ2) is 8.64. The fourth-order valence-electron chi connectivity index (χ4n) is 2.83. The van der Waals surface area contributed by atoms with E-state index < -0.39 is 5.91 Å². The van der Waals surface area contributed by atoms with Crippen molar-refractivity contribution < 1.29 is 4.79 Å². The lowest BCUT2D eigenvalue weighted by atomic mass is 10.1. The number of amides is 1. The molecule has 1 aromatic heterocycles. The Bertz CT molecular complexity index is 859. The number of benzene rings is 1. The van der Waals surface area contributed by atoms with Gasteiger partial charge in [0, 0.05) is 32.9 Å². The Kier molecular flexibility index (Phi) is 6.04. The predicted molar refractivity (Wildman–Crippen MR) is 109 cm³/mol. The minimum absolute atomic E-state index is 0.0299. The summed E-state index contributed by atoms with van der Waals surface area (Å²) in [5, 5.41) is 21.5. The van der Waals surface area contributed by atoms with Crippen molar-refractivity contribution in [2.24, 2.45) is 0 Å². The number of nitriles is 1. The number of nitrogens with zero attached hydrogens (tertiary/aromatic N) is 5. The highest BCUT2D eigenvalue weighted by Crippen LogP contribution is 2.27. The molecule has 0 aliphatic carbocycles. The number of rotatable bonds is 5. The zero-order valence-electron chi connectivity index (χ0n) is 15.5. The van der Waals surface area contributed by atoms with Crippen LogP contribution in [-0.2, 0) is 4.79 Å². The number of hydrogen-bond acceptors (Lipinski definition) is 7. The summed E-state index contributed by atoms with van der Waals surface area (Å²) in [5.41, 5.74) is 1.87. The third-order valence-electron chi connectivity index (χ3n) is 4.35. The van der Waals surface area contributed by atoms with Crippen molar-refractivity contribution >= 4 is 39.3 Å². The Morgan fingerprint density at radius 1 is 1.22 bits per heavy atom. The van der Waals surface area contributed by atoms with Crippen molar-refractivity contribution in [3.05, 3.63) is 35.4 Å². The van der Waals surface area contributed by atoms with Crippen LogP contribution in [0.15, 0.2) is 29.8 Å². The summed E-state index contributed by atoms with van der Waals surface area (Å²) in [6.07, 6.45) is 5.11. The predicted octanol–water partition coefficient (Wildman–Crippen LogP) is 3.14. The van der Waals surface area contributed by atoms with Gasteiger partial charge in [-0.3, -0.25) is 10.1 Å². The van der Waals surface area contributed by atoms with Crippen LogP contribution in [-0.4, -0.2) is 43.3 Å². The fraction of sp³-hybridized carbons (Fsp3) is 0.368. The van der Waals surface area contributed by atoms with Crippen molar-refractivity contribution in [2.75, 3.05) is 42.3 Å². The van der Waals surface area contributed by atoms with E-state index in [4.69, 9.17) is 0 Å². The van der Waals surface area contributed by atoms with Crippen molar-refractivity contribution in [3.63, 3.8) is 0 Å². The van der Waals surface area contributed by atoms with Gasteiger partial charge in [-0.25, -0.2) is 0 Å². The molecule has 0 atom stereocenters. The molecule has 0 saturated carbocycles. The van der Waals surface area contributed by atoms with Crippen molar-refractivity contribution in [3.8, 4) is 6.07 Å².